The lowest BCUT2D eigenvalue weighted by atomic mass is 10.6. The van der Waals surface area contributed by atoms with Gasteiger partial charge in [0.2, 0.25) is 0 Å². The molecule has 0 aliphatic rings. The largest absolute Gasteiger partial charge is 0.330 e. The van der Waals surface area contributed by atoms with E-state index in [0.29, 0.717) is 0 Å². The van der Waals surface area contributed by atoms with E-state index in [4.69, 9.17) is 6.42 Å². The summed E-state index contributed by atoms with van der Waals surface area (Å²) in [4.78, 5) is 0. The lowest BCUT2D eigenvalue weighted by molar-refractivity contribution is 1.53. The normalized spacial score (nSPS) is 4.00. The molecule has 0 heterocycles. The van der Waals surface area contributed by atoms with Crippen LogP contribution in [0.25, 0.3) is 0 Å². The van der Waals surface area contributed by atoms with E-state index < -0.39 is 0 Å². The van der Waals surface area contributed by atoms with E-state index >= 15 is 0 Å². The van der Waals surface area contributed by atoms with Crippen molar-refractivity contribution in [3.8, 4) is 36.1 Å². The molecule has 8 heavy (non-hydrogen) atoms. The van der Waals surface area contributed by atoms with Crippen molar-refractivity contribution in [2.75, 3.05) is 0 Å². The predicted octanol–water partition coefficient (Wildman–Crippen LogP) is -0.0364. The molecular formula is C6H4NP. The van der Waals surface area contributed by atoms with Crippen molar-refractivity contribution in [2.24, 2.45) is 0 Å². The number of rotatable bonds is 0. The summed E-state index contributed by atoms with van der Waals surface area (Å²) in [6.45, 7) is 0. The monoisotopic (exact) mass is 121 g/mol. The Morgan fingerprint density at radius 1 is 1.25 bits per heavy atom. The summed E-state index contributed by atoms with van der Waals surface area (Å²) in [5.41, 5.74) is 0. The molecule has 0 aromatic heterocycles. The second kappa shape index (κ2) is 5.91. The summed E-state index contributed by atoms with van der Waals surface area (Å²) in [7, 11) is 2.22. The van der Waals surface area contributed by atoms with Gasteiger partial charge in [0.05, 0.1) is 0 Å². The first-order valence-electron chi connectivity index (χ1n) is 1.83. The maximum Gasteiger partial charge on any atom is 0.0219 e. The molecular weight excluding hydrogens is 117 g/mol. The van der Waals surface area contributed by atoms with Crippen LogP contribution in [0.2, 0.25) is 0 Å². The molecule has 2 heteroatoms. The minimum Gasteiger partial charge on any atom is -0.330 e. The zero-order chi connectivity index (χ0) is 6.24. The summed E-state index contributed by atoms with van der Waals surface area (Å²) < 4.78 is 0. The third kappa shape index (κ3) is 4.91. The Hall–Kier alpha value is -1.09. The highest BCUT2D eigenvalue weighted by Gasteiger charge is 1.50. The van der Waals surface area contributed by atoms with Crippen LogP contribution in [0.4, 0.5) is 0 Å². The molecule has 0 saturated carbocycles. The maximum atomic E-state index is 4.79. The molecule has 0 aliphatic heterocycles. The minimum absolute atomic E-state index is 2.13. The zero-order valence-corrected chi connectivity index (χ0v) is 5.31. The second-order valence-corrected chi connectivity index (χ2v) is 1.08. The van der Waals surface area contributed by atoms with E-state index in [1.54, 1.807) is 0 Å². The first kappa shape index (κ1) is 6.91. The van der Waals surface area contributed by atoms with Gasteiger partial charge in [-0.15, -0.1) is 6.42 Å². The zero-order valence-electron chi connectivity index (χ0n) is 4.15. The van der Waals surface area contributed by atoms with Crippen LogP contribution < -0.4 is 5.09 Å². The first-order chi connectivity index (χ1) is 3.91. The Bertz CT molecular complexity index is 203. The maximum absolute atomic E-state index is 4.79. The third-order valence-electron chi connectivity index (χ3n) is 0.332. The molecule has 0 aromatic carbocycles. The number of hydrogen-bond donors (Lipinski definition) is 1. The fraction of sp³-hybridized carbons (Fsp3) is 0. The molecule has 0 saturated heterocycles. The highest BCUT2D eigenvalue weighted by Crippen LogP contribution is 1.58. The fourth-order valence-corrected chi connectivity index (χ4v) is 0.207. The van der Waals surface area contributed by atoms with Gasteiger partial charge in [-0.3, -0.25) is 0 Å². The van der Waals surface area contributed by atoms with Crippen LogP contribution in [0.15, 0.2) is 0 Å². The lowest BCUT2D eigenvalue weighted by Crippen LogP contribution is -1.77. The van der Waals surface area contributed by atoms with Gasteiger partial charge < -0.3 is 5.09 Å². The van der Waals surface area contributed by atoms with E-state index in [0.717, 1.165) is 0 Å². The van der Waals surface area contributed by atoms with E-state index in [1.165, 1.54) is 0 Å². The smallest absolute Gasteiger partial charge is 0.0219 e. The Morgan fingerprint density at radius 2 is 2.00 bits per heavy atom. The quantitative estimate of drug-likeness (QED) is 0.269. The summed E-state index contributed by atoms with van der Waals surface area (Å²) in [6.07, 6.45) is 4.79. The Kier molecular flexibility index (Phi) is 5.10. The van der Waals surface area contributed by atoms with Crippen LogP contribution in [0.3, 0.4) is 0 Å². The molecule has 1 N–H and O–H groups in total. The topological polar surface area (TPSA) is 12.0 Å². The van der Waals surface area contributed by atoms with Gasteiger partial charge in [-0.2, -0.15) is 0 Å². The van der Waals surface area contributed by atoms with Crippen molar-refractivity contribution in [3.63, 3.8) is 0 Å². The molecule has 0 rings (SSSR count). The van der Waals surface area contributed by atoms with Crippen LogP contribution in [0.1, 0.15) is 0 Å². The van der Waals surface area contributed by atoms with Gasteiger partial charge in [0.1, 0.15) is 0 Å². The van der Waals surface area contributed by atoms with E-state index in [-0.39, 0.29) is 0 Å². The van der Waals surface area contributed by atoms with Crippen LogP contribution in [-0.4, -0.2) is 0 Å². The van der Waals surface area contributed by atoms with Crippen molar-refractivity contribution in [1.29, 1.82) is 0 Å². The second-order valence-electron chi connectivity index (χ2n) is 0.789. The number of hydrogen-bond acceptors (Lipinski definition) is 1. The first-order valence-corrected chi connectivity index (χ1v) is 2.40. The van der Waals surface area contributed by atoms with E-state index in [9.17, 15) is 0 Å². The van der Waals surface area contributed by atoms with Gasteiger partial charge in [-0.25, -0.2) is 0 Å². The molecule has 0 spiro atoms. The van der Waals surface area contributed by atoms with Crippen LogP contribution >= 0.6 is 9.39 Å². The van der Waals surface area contributed by atoms with Gasteiger partial charge in [0, 0.05) is 17.9 Å². The van der Waals surface area contributed by atoms with Crippen molar-refractivity contribution in [2.45, 2.75) is 0 Å². The Balaban J connectivity index is 3.61. The molecule has 0 bridgehead atoms. The standard InChI is InChI=1S/C6H4NP/c1-2-3-4-5-6-7-8/h1,7H,8H2. The summed E-state index contributed by atoms with van der Waals surface area (Å²) in [5, 5.41) is 2.51. The average molecular weight is 121 g/mol. The lowest BCUT2D eigenvalue weighted by Gasteiger charge is -1.68. The fourth-order valence-electron chi connectivity index (χ4n) is 0.135. The van der Waals surface area contributed by atoms with Crippen molar-refractivity contribution in [3.05, 3.63) is 0 Å². The highest BCUT2D eigenvalue weighted by molar-refractivity contribution is 7.14. The Morgan fingerprint density at radius 3 is 2.50 bits per heavy atom. The average Bonchev–Trinajstić information content (AvgIpc) is 1.81. The number of nitrogens with one attached hydrogen (secondary N) is 1. The molecule has 38 valence electrons. The van der Waals surface area contributed by atoms with Crippen molar-refractivity contribution in [1.82, 2.24) is 5.09 Å². The molecule has 0 radical (unpaired) electrons. The SMILES string of the molecule is C#CC#CC#CNP. The van der Waals surface area contributed by atoms with Gasteiger partial charge in [-0.1, -0.05) is 0 Å². The highest BCUT2D eigenvalue weighted by atomic mass is 31.0. The van der Waals surface area contributed by atoms with E-state index in [2.05, 4.69) is 44.2 Å². The predicted molar refractivity (Wildman–Crippen MR) is 37.2 cm³/mol. The third-order valence-corrected chi connectivity index (χ3v) is 0.476. The molecule has 0 aliphatic carbocycles. The van der Waals surface area contributed by atoms with Gasteiger partial charge in [-0.05, 0) is 21.2 Å². The summed E-state index contributed by atoms with van der Waals surface area (Å²) in [6, 6.07) is 2.48. The molecule has 1 unspecified atom stereocenters. The summed E-state index contributed by atoms with van der Waals surface area (Å²) in [5.74, 6) is 9.33. The molecule has 1 nitrogen and oxygen atoms in total. The summed E-state index contributed by atoms with van der Waals surface area (Å²) >= 11 is 0. The molecule has 0 aromatic rings. The Labute approximate surface area is 51.5 Å². The minimum atomic E-state index is 2.13. The van der Waals surface area contributed by atoms with Gasteiger partial charge in [0.25, 0.3) is 0 Å². The molecule has 0 fully saturated rings. The van der Waals surface area contributed by atoms with E-state index in [1.807, 2.05) is 0 Å². The molecule has 0 amide bonds. The number of terminal acetylenes is 1. The van der Waals surface area contributed by atoms with Crippen molar-refractivity contribution < 1.29 is 0 Å². The van der Waals surface area contributed by atoms with Crippen LogP contribution in [0.5, 0.6) is 0 Å². The van der Waals surface area contributed by atoms with Crippen LogP contribution in [0, 0.1) is 36.1 Å². The van der Waals surface area contributed by atoms with Crippen LogP contribution in [-0.2, 0) is 0 Å². The molecule has 1 atom stereocenters. The van der Waals surface area contributed by atoms with Gasteiger partial charge >= 0.3 is 0 Å². The van der Waals surface area contributed by atoms with Gasteiger partial charge in [0.15, 0.2) is 0 Å². The van der Waals surface area contributed by atoms with Crippen molar-refractivity contribution >= 4 is 9.39 Å².